The first-order valence-corrected chi connectivity index (χ1v) is 4.03. The normalized spacial score (nSPS) is 14.6. The average Bonchev–Trinajstić information content (AvgIpc) is 2.40. The van der Waals surface area contributed by atoms with Gasteiger partial charge in [0.25, 0.3) is 0 Å². The van der Waals surface area contributed by atoms with Gasteiger partial charge in [0.05, 0.1) is 0 Å². The molecule has 0 spiro atoms. The zero-order valence-electron chi connectivity index (χ0n) is 7.77. The molecular weight excluding hydrogens is 138 g/mol. The SMILES string of the molecule is C=C1NC=C(C(C)C)O1.CC. The molecule has 2 heteroatoms. The lowest BCUT2D eigenvalue weighted by molar-refractivity contribution is 0.280. The molecule has 11 heavy (non-hydrogen) atoms. The van der Waals surface area contributed by atoms with E-state index >= 15 is 0 Å². The van der Waals surface area contributed by atoms with Crippen LogP contribution < -0.4 is 5.32 Å². The minimum absolute atomic E-state index is 0.441. The topological polar surface area (TPSA) is 21.3 Å². The summed E-state index contributed by atoms with van der Waals surface area (Å²) >= 11 is 0. The quantitative estimate of drug-likeness (QED) is 0.628. The van der Waals surface area contributed by atoms with Crippen molar-refractivity contribution in [2.24, 2.45) is 5.92 Å². The van der Waals surface area contributed by atoms with E-state index in [1.165, 1.54) is 0 Å². The molecule has 0 saturated heterocycles. The van der Waals surface area contributed by atoms with Crippen molar-refractivity contribution in [1.82, 2.24) is 5.32 Å². The van der Waals surface area contributed by atoms with Crippen molar-refractivity contribution in [2.45, 2.75) is 27.7 Å². The van der Waals surface area contributed by atoms with Gasteiger partial charge in [-0.15, -0.1) is 0 Å². The first-order chi connectivity index (χ1) is 5.20. The Kier molecular flexibility index (Phi) is 4.42. The van der Waals surface area contributed by atoms with Crippen LogP contribution in [0.2, 0.25) is 0 Å². The second-order valence-electron chi connectivity index (χ2n) is 2.37. The number of hydrogen-bond donors (Lipinski definition) is 1. The lowest BCUT2D eigenvalue weighted by Gasteiger charge is -2.03. The van der Waals surface area contributed by atoms with Gasteiger partial charge >= 0.3 is 0 Å². The van der Waals surface area contributed by atoms with Crippen molar-refractivity contribution in [3.8, 4) is 0 Å². The summed E-state index contributed by atoms with van der Waals surface area (Å²) in [5.74, 6) is 2.02. The Morgan fingerprint density at radius 3 is 2.18 bits per heavy atom. The van der Waals surface area contributed by atoms with E-state index in [1.54, 1.807) is 0 Å². The highest BCUT2D eigenvalue weighted by molar-refractivity contribution is 5.08. The molecule has 0 amide bonds. The monoisotopic (exact) mass is 155 g/mol. The van der Waals surface area contributed by atoms with Crippen molar-refractivity contribution in [3.05, 3.63) is 24.4 Å². The molecular formula is C9H17NO. The second-order valence-corrected chi connectivity index (χ2v) is 2.37. The largest absolute Gasteiger partial charge is 0.444 e. The number of nitrogens with one attached hydrogen (secondary N) is 1. The molecule has 64 valence electrons. The number of ether oxygens (including phenoxy) is 1. The molecule has 0 aliphatic carbocycles. The van der Waals surface area contributed by atoms with Crippen molar-refractivity contribution in [2.75, 3.05) is 0 Å². The Hall–Kier alpha value is -0.920. The van der Waals surface area contributed by atoms with E-state index in [4.69, 9.17) is 4.74 Å². The minimum atomic E-state index is 0.441. The van der Waals surface area contributed by atoms with Gasteiger partial charge in [0.2, 0.25) is 0 Å². The van der Waals surface area contributed by atoms with Crippen molar-refractivity contribution in [3.63, 3.8) is 0 Å². The Morgan fingerprint density at radius 2 is 2.00 bits per heavy atom. The zero-order valence-corrected chi connectivity index (χ0v) is 7.77. The Labute approximate surface area is 68.9 Å². The highest BCUT2D eigenvalue weighted by Crippen LogP contribution is 2.17. The molecule has 1 aliphatic rings. The molecule has 0 fully saturated rings. The third-order valence-corrected chi connectivity index (χ3v) is 1.19. The molecule has 0 unspecified atom stereocenters. The summed E-state index contributed by atoms with van der Waals surface area (Å²) in [5, 5.41) is 2.87. The van der Waals surface area contributed by atoms with Crippen LogP contribution >= 0.6 is 0 Å². The lowest BCUT2D eigenvalue weighted by atomic mass is 10.2. The Morgan fingerprint density at radius 1 is 1.45 bits per heavy atom. The molecule has 0 saturated carbocycles. The molecule has 0 bridgehead atoms. The number of hydrogen-bond acceptors (Lipinski definition) is 2. The fourth-order valence-electron chi connectivity index (χ4n) is 0.637. The summed E-state index contributed by atoms with van der Waals surface area (Å²) < 4.78 is 5.18. The smallest absolute Gasteiger partial charge is 0.189 e. The molecule has 0 aromatic rings. The van der Waals surface area contributed by atoms with E-state index in [0.29, 0.717) is 11.8 Å². The van der Waals surface area contributed by atoms with Gasteiger partial charge in [0, 0.05) is 12.1 Å². The third-order valence-electron chi connectivity index (χ3n) is 1.19. The van der Waals surface area contributed by atoms with Gasteiger partial charge in [-0.05, 0) is 6.58 Å². The fraction of sp³-hybridized carbons (Fsp3) is 0.556. The van der Waals surface area contributed by atoms with Crippen molar-refractivity contribution < 1.29 is 4.74 Å². The predicted molar refractivity (Wildman–Crippen MR) is 47.6 cm³/mol. The van der Waals surface area contributed by atoms with E-state index in [2.05, 4.69) is 25.7 Å². The summed E-state index contributed by atoms with van der Waals surface area (Å²) in [6.07, 6.45) is 1.84. The Balaban J connectivity index is 0.000000461. The maximum Gasteiger partial charge on any atom is 0.189 e. The van der Waals surface area contributed by atoms with Crippen LogP contribution in [0, 0.1) is 5.92 Å². The standard InChI is InChI=1S/C7H11NO.C2H6/c1-5(2)7-4-8-6(3)9-7;1-2/h4-5,8H,3H2,1-2H3;1-2H3. The van der Waals surface area contributed by atoms with Crippen LogP contribution in [0.15, 0.2) is 24.4 Å². The van der Waals surface area contributed by atoms with Gasteiger partial charge < -0.3 is 10.1 Å². The van der Waals surface area contributed by atoms with Gasteiger partial charge in [-0.3, -0.25) is 0 Å². The molecule has 2 nitrogen and oxygen atoms in total. The van der Waals surface area contributed by atoms with Gasteiger partial charge in [0.1, 0.15) is 5.76 Å². The summed E-state index contributed by atoms with van der Waals surface area (Å²) in [6, 6.07) is 0. The Bertz CT molecular complexity index is 159. The van der Waals surface area contributed by atoms with Crippen LogP contribution in [-0.4, -0.2) is 0 Å². The maximum atomic E-state index is 5.18. The van der Waals surface area contributed by atoms with Gasteiger partial charge in [0.15, 0.2) is 5.88 Å². The molecule has 0 aromatic carbocycles. The van der Waals surface area contributed by atoms with Crippen LogP contribution in [0.5, 0.6) is 0 Å². The summed E-state index contributed by atoms with van der Waals surface area (Å²) in [7, 11) is 0. The van der Waals surface area contributed by atoms with Crippen molar-refractivity contribution in [1.29, 1.82) is 0 Å². The summed E-state index contributed by atoms with van der Waals surface area (Å²) in [5.41, 5.74) is 0. The first kappa shape index (κ1) is 10.1. The van der Waals surface area contributed by atoms with Crippen molar-refractivity contribution >= 4 is 0 Å². The van der Waals surface area contributed by atoms with Crippen LogP contribution in [0.1, 0.15) is 27.7 Å². The van der Waals surface area contributed by atoms with E-state index in [1.807, 2.05) is 20.0 Å². The maximum absolute atomic E-state index is 5.18. The summed E-state index contributed by atoms with van der Waals surface area (Å²) in [6.45, 7) is 11.8. The van der Waals surface area contributed by atoms with Crippen LogP contribution in [0.3, 0.4) is 0 Å². The average molecular weight is 155 g/mol. The molecule has 1 heterocycles. The molecule has 0 atom stereocenters. The van der Waals surface area contributed by atoms with E-state index in [0.717, 1.165) is 5.76 Å². The molecule has 1 aliphatic heterocycles. The van der Waals surface area contributed by atoms with Crippen LogP contribution in [0.4, 0.5) is 0 Å². The van der Waals surface area contributed by atoms with E-state index in [9.17, 15) is 0 Å². The van der Waals surface area contributed by atoms with E-state index < -0.39 is 0 Å². The van der Waals surface area contributed by atoms with Crippen LogP contribution in [0.25, 0.3) is 0 Å². The number of rotatable bonds is 1. The first-order valence-electron chi connectivity index (χ1n) is 4.03. The lowest BCUT2D eigenvalue weighted by Crippen LogP contribution is -1.95. The highest BCUT2D eigenvalue weighted by atomic mass is 16.5. The third kappa shape index (κ3) is 3.12. The van der Waals surface area contributed by atoms with Crippen LogP contribution in [-0.2, 0) is 4.74 Å². The molecule has 1 N–H and O–H groups in total. The minimum Gasteiger partial charge on any atom is -0.444 e. The summed E-state index contributed by atoms with van der Waals surface area (Å²) in [4.78, 5) is 0. The zero-order chi connectivity index (χ0) is 8.85. The molecule has 0 aromatic heterocycles. The molecule has 0 radical (unpaired) electrons. The van der Waals surface area contributed by atoms with Gasteiger partial charge in [-0.2, -0.15) is 0 Å². The highest BCUT2D eigenvalue weighted by Gasteiger charge is 2.11. The predicted octanol–water partition coefficient (Wildman–Crippen LogP) is 2.60. The molecule has 1 rings (SSSR count). The fourth-order valence-corrected chi connectivity index (χ4v) is 0.637. The van der Waals surface area contributed by atoms with E-state index in [-0.39, 0.29) is 0 Å². The number of allylic oxidation sites excluding steroid dienone is 1. The van der Waals surface area contributed by atoms with Gasteiger partial charge in [-0.25, -0.2) is 0 Å². The second kappa shape index (κ2) is 4.83. The van der Waals surface area contributed by atoms with Gasteiger partial charge in [-0.1, -0.05) is 27.7 Å².